The monoisotopic (exact) mass is 417 g/mol. The van der Waals surface area contributed by atoms with Crippen LogP contribution in [0.25, 0.3) is 10.6 Å². The Morgan fingerprint density at radius 1 is 1.07 bits per heavy atom. The lowest BCUT2D eigenvalue weighted by Gasteiger charge is -2.17. The van der Waals surface area contributed by atoms with Crippen LogP contribution in [0.4, 0.5) is 5.13 Å². The Labute approximate surface area is 172 Å². The van der Waals surface area contributed by atoms with Gasteiger partial charge in [-0.15, -0.1) is 10.2 Å². The Kier molecular flexibility index (Phi) is 6.49. The zero-order valence-corrected chi connectivity index (χ0v) is 17.4. The third kappa shape index (κ3) is 4.43. The molecule has 8 heteroatoms. The topological polar surface area (TPSA) is 64.6 Å². The van der Waals surface area contributed by atoms with Gasteiger partial charge in [0, 0.05) is 17.1 Å². The van der Waals surface area contributed by atoms with Gasteiger partial charge in [0.1, 0.15) is 5.01 Å². The van der Waals surface area contributed by atoms with Crippen molar-refractivity contribution in [1.82, 2.24) is 10.2 Å². The fourth-order valence-corrected chi connectivity index (χ4v) is 3.77. The third-order valence-corrected chi connectivity index (χ3v) is 5.40. The number of aromatic nitrogens is 2. The second kappa shape index (κ2) is 9.03. The summed E-state index contributed by atoms with van der Waals surface area (Å²) in [7, 11) is 3.15. The number of carbonyl (C=O) groups is 1. The van der Waals surface area contributed by atoms with Crippen molar-refractivity contribution in [2.24, 2.45) is 0 Å². The van der Waals surface area contributed by atoms with Crippen LogP contribution >= 0.6 is 22.9 Å². The van der Waals surface area contributed by atoms with E-state index < -0.39 is 0 Å². The molecule has 0 spiro atoms. The van der Waals surface area contributed by atoms with Crippen LogP contribution < -0.4 is 14.4 Å². The van der Waals surface area contributed by atoms with Crippen LogP contribution in [-0.2, 0) is 11.2 Å². The second-order valence-electron chi connectivity index (χ2n) is 5.90. The lowest BCUT2D eigenvalue weighted by Crippen LogP contribution is -2.31. The standard InChI is InChI=1S/C20H20ClN3O3S/c1-4-24(18(25)12-13-5-10-16(26-2)17(11-13)27-3)20-23-22-19(28-20)14-6-8-15(21)9-7-14/h5-11H,4,12H2,1-3H3. The maximum atomic E-state index is 12.9. The van der Waals surface area contributed by atoms with E-state index in [-0.39, 0.29) is 12.3 Å². The number of rotatable bonds is 7. The Balaban J connectivity index is 1.78. The van der Waals surface area contributed by atoms with Crippen molar-refractivity contribution < 1.29 is 14.3 Å². The molecule has 146 valence electrons. The number of halogens is 1. The summed E-state index contributed by atoms with van der Waals surface area (Å²) in [6.45, 7) is 2.41. The largest absolute Gasteiger partial charge is 0.493 e. The maximum absolute atomic E-state index is 12.9. The van der Waals surface area contributed by atoms with E-state index in [9.17, 15) is 4.79 Å². The van der Waals surface area contributed by atoms with Crippen molar-refractivity contribution in [2.45, 2.75) is 13.3 Å². The fraction of sp³-hybridized carbons (Fsp3) is 0.250. The number of amides is 1. The minimum absolute atomic E-state index is 0.0615. The minimum Gasteiger partial charge on any atom is -0.493 e. The molecule has 0 unspecified atom stereocenters. The third-order valence-electron chi connectivity index (χ3n) is 4.16. The van der Waals surface area contributed by atoms with Gasteiger partial charge < -0.3 is 9.47 Å². The SMILES string of the molecule is CCN(C(=O)Cc1ccc(OC)c(OC)c1)c1nnc(-c2ccc(Cl)cc2)s1. The molecule has 0 aliphatic heterocycles. The Morgan fingerprint density at radius 3 is 2.43 bits per heavy atom. The van der Waals surface area contributed by atoms with Crippen molar-refractivity contribution in [2.75, 3.05) is 25.7 Å². The molecular weight excluding hydrogens is 398 g/mol. The predicted molar refractivity (Wildman–Crippen MR) is 112 cm³/mol. The number of methoxy groups -OCH3 is 2. The second-order valence-corrected chi connectivity index (χ2v) is 7.29. The van der Waals surface area contributed by atoms with E-state index >= 15 is 0 Å². The van der Waals surface area contributed by atoms with Gasteiger partial charge >= 0.3 is 0 Å². The number of benzene rings is 2. The summed E-state index contributed by atoms with van der Waals surface area (Å²) in [5.41, 5.74) is 1.75. The molecule has 0 fully saturated rings. The summed E-state index contributed by atoms with van der Waals surface area (Å²) in [5.74, 6) is 1.16. The molecule has 6 nitrogen and oxygen atoms in total. The summed E-state index contributed by atoms with van der Waals surface area (Å²) < 4.78 is 10.6. The number of anilines is 1. The molecule has 0 radical (unpaired) electrons. The molecule has 0 aliphatic carbocycles. The molecule has 0 saturated heterocycles. The van der Waals surface area contributed by atoms with Gasteiger partial charge in [0.05, 0.1) is 20.6 Å². The van der Waals surface area contributed by atoms with Crippen LogP contribution in [0, 0.1) is 0 Å². The van der Waals surface area contributed by atoms with Gasteiger partial charge in [-0.3, -0.25) is 9.69 Å². The highest BCUT2D eigenvalue weighted by atomic mass is 35.5. The average molecular weight is 418 g/mol. The molecule has 3 rings (SSSR count). The fourth-order valence-electron chi connectivity index (χ4n) is 2.71. The first-order chi connectivity index (χ1) is 13.5. The van der Waals surface area contributed by atoms with Gasteiger partial charge in [-0.05, 0) is 36.8 Å². The van der Waals surface area contributed by atoms with E-state index in [0.717, 1.165) is 16.1 Å². The zero-order valence-electron chi connectivity index (χ0n) is 15.8. The molecule has 2 aromatic carbocycles. The molecule has 0 saturated carbocycles. The first kappa shape index (κ1) is 20.1. The smallest absolute Gasteiger partial charge is 0.233 e. The normalized spacial score (nSPS) is 10.6. The Morgan fingerprint density at radius 2 is 1.79 bits per heavy atom. The quantitative estimate of drug-likeness (QED) is 0.567. The number of ether oxygens (including phenoxy) is 2. The minimum atomic E-state index is -0.0615. The first-order valence-electron chi connectivity index (χ1n) is 8.66. The molecular formula is C20H20ClN3O3S. The summed E-state index contributed by atoms with van der Waals surface area (Å²) in [6, 6.07) is 12.8. The van der Waals surface area contributed by atoms with Crippen LogP contribution in [0.1, 0.15) is 12.5 Å². The van der Waals surface area contributed by atoms with Crippen LogP contribution in [0.5, 0.6) is 11.5 Å². The Bertz CT molecular complexity index is 960. The molecule has 0 aliphatic rings. The molecule has 1 heterocycles. The van der Waals surface area contributed by atoms with Crippen LogP contribution in [-0.4, -0.2) is 36.9 Å². The molecule has 1 amide bonds. The number of hydrogen-bond donors (Lipinski definition) is 0. The van der Waals surface area contributed by atoms with Crippen molar-refractivity contribution in [3.63, 3.8) is 0 Å². The maximum Gasteiger partial charge on any atom is 0.233 e. The molecule has 28 heavy (non-hydrogen) atoms. The van der Waals surface area contributed by atoms with E-state index in [2.05, 4.69) is 10.2 Å². The van der Waals surface area contributed by atoms with Crippen molar-refractivity contribution in [3.8, 4) is 22.1 Å². The van der Waals surface area contributed by atoms with E-state index in [1.165, 1.54) is 11.3 Å². The van der Waals surface area contributed by atoms with E-state index in [1.54, 1.807) is 37.3 Å². The summed E-state index contributed by atoms with van der Waals surface area (Å²) in [6.07, 6.45) is 0.226. The summed E-state index contributed by atoms with van der Waals surface area (Å²) in [4.78, 5) is 14.5. The predicted octanol–water partition coefficient (Wildman–Crippen LogP) is 4.47. The molecule has 0 N–H and O–H groups in total. The summed E-state index contributed by atoms with van der Waals surface area (Å²) in [5, 5.41) is 10.4. The lowest BCUT2D eigenvalue weighted by molar-refractivity contribution is -0.117. The van der Waals surface area contributed by atoms with Crippen molar-refractivity contribution in [3.05, 3.63) is 53.1 Å². The van der Waals surface area contributed by atoms with Crippen LogP contribution in [0.15, 0.2) is 42.5 Å². The van der Waals surface area contributed by atoms with Gasteiger partial charge in [-0.2, -0.15) is 0 Å². The number of nitrogens with zero attached hydrogens (tertiary/aromatic N) is 3. The molecule has 0 atom stereocenters. The van der Waals surface area contributed by atoms with Crippen molar-refractivity contribution in [1.29, 1.82) is 0 Å². The number of carbonyl (C=O) groups excluding carboxylic acids is 1. The highest BCUT2D eigenvalue weighted by Gasteiger charge is 2.20. The Hall–Kier alpha value is -2.64. The molecule has 1 aromatic heterocycles. The van der Waals surface area contributed by atoms with E-state index in [4.69, 9.17) is 21.1 Å². The lowest BCUT2D eigenvalue weighted by atomic mass is 10.1. The molecule has 3 aromatic rings. The van der Waals surface area contributed by atoms with Gasteiger partial charge in [-0.1, -0.05) is 41.1 Å². The summed E-state index contributed by atoms with van der Waals surface area (Å²) >= 11 is 7.31. The highest BCUT2D eigenvalue weighted by molar-refractivity contribution is 7.18. The van der Waals surface area contributed by atoms with Gasteiger partial charge in [-0.25, -0.2) is 0 Å². The van der Waals surface area contributed by atoms with Gasteiger partial charge in [0.2, 0.25) is 11.0 Å². The van der Waals surface area contributed by atoms with Crippen LogP contribution in [0.2, 0.25) is 5.02 Å². The number of likely N-dealkylation sites (N-methyl/N-ethyl adjacent to an activating group) is 1. The average Bonchev–Trinajstić information content (AvgIpc) is 3.18. The van der Waals surface area contributed by atoms with Gasteiger partial charge in [0.15, 0.2) is 11.5 Å². The van der Waals surface area contributed by atoms with E-state index in [1.807, 2.05) is 31.2 Å². The zero-order chi connectivity index (χ0) is 20.1. The number of hydrogen-bond acceptors (Lipinski definition) is 6. The van der Waals surface area contributed by atoms with Crippen molar-refractivity contribution >= 4 is 34.0 Å². The van der Waals surface area contributed by atoms with E-state index in [0.29, 0.717) is 28.2 Å². The highest BCUT2D eigenvalue weighted by Crippen LogP contribution is 2.31. The van der Waals surface area contributed by atoms with Crippen LogP contribution in [0.3, 0.4) is 0 Å². The first-order valence-corrected chi connectivity index (χ1v) is 9.85. The molecule has 0 bridgehead atoms. The van der Waals surface area contributed by atoms with Gasteiger partial charge in [0.25, 0.3) is 0 Å².